The summed E-state index contributed by atoms with van der Waals surface area (Å²) in [5.41, 5.74) is 1.43. The number of rotatable bonds is 5. The van der Waals surface area contributed by atoms with Gasteiger partial charge >= 0.3 is 0 Å². The van der Waals surface area contributed by atoms with Crippen molar-refractivity contribution in [3.05, 3.63) is 36.0 Å². The molecule has 0 fully saturated rings. The lowest BCUT2D eigenvalue weighted by molar-refractivity contribution is -0.129. The summed E-state index contributed by atoms with van der Waals surface area (Å²) in [6.45, 7) is 2.67. The van der Waals surface area contributed by atoms with E-state index in [1.165, 1.54) is 4.90 Å². The Morgan fingerprint density at radius 1 is 1.19 bits per heavy atom. The molecule has 0 bridgehead atoms. The molecule has 112 valence electrons. The van der Waals surface area contributed by atoms with E-state index in [9.17, 15) is 9.59 Å². The molecule has 5 heteroatoms. The number of fused-ring (bicyclic) bond motifs is 1. The smallest absolute Gasteiger partial charge is 0.256 e. The van der Waals surface area contributed by atoms with Crippen LogP contribution in [-0.2, 0) is 4.79 Å². The summed E-state index contributed by atoms with van der Waals surface area (Å²) >= 11 is 0. The Balaban J connectivity index is 2.29. The summed E-state index contributed by atoms with van der Waals surface area (Å²) < 4.78 is 0. The first-order valence-corrected chi connectivity index (χ1v) is 7.10. The van der Waals surface area contributed by atoms with E-state index in [2.05, 4.69) is 4.98 Å². The van der Waals surface area contributed by atoms with Crippen LogP contribution in [0.5, 0.6) is 0 Å². The second kappa shape index (κ2) is 6.43. The monoisotopic (exact) mass is 287 g/mol. The molecule has 0 spiro atoms. The Bertz CT molecular complexity index is 646. The minimum Gasteiger partial charge on any atom is -0.361 e. The zero-order valence-electron chi connectivity index (χ0n) is 12.7. The van der Waals surface area contributed by atoms with Crippen molar-refractivity contribution in [3.8, 4) is 0 Å². The number of likely N-dealkylation sites (N-methyl/N-ethyl adjacent to an activating group) is 1. The number of para-hydroxylation sites is 1. The van der Waals surface area contributed by atoms with Gasteiger partial charge in [0.25, 0.3) is 5.91 Å². The molecule has 0 saturated heterocycles. The average molecular weight is 287 g/mol. The van der Waals surface area contributed by atoms with Crippen molar-refractivity contribution in [1.82, 2.24) is 14.8 Å². The number of carbonyl (C=O) groups excluding carboxylic acids is 2. The van der Waals surface area contributed by atoms with E-state index in [4.69, 9.17) is 0 Å². The van der Waals surface area contributed by atoms with Gasteiger partial charge in [-0.3, -0.25) is 9.59 Å². The Morgan fingerprint density at radius 2 is 1.95 bits per heavy atom. The molecule has 2 aromatic rings. The van der Waals surface area contributed by atoms with E-state index >= 15 is 0 Å². The lowest BCUT2D eigenvalue weighted by Crippen LogP contribution is -2.40. The van der Waals surface area contributed by atoms with Crippen LogP contribution in [0, 0.1) is 0 Å². The maximum atomic E-state index is 12.7. The summed E-state index contributed by atoms with van der Waals surface area (Å²) in [6, 6.07) is 7.55. The second-order valence-corrected chi connectivity index (χ2v) is 5.26. The predicted molar refractivity (Wildman–Crippen MR) is 83.2 cm³/mol. The van der Waals surface area contributed by atoms with Crippen molar-refractivity contribution in [3.63, 3.8) is 0 Å². The number of carbonyl (C=O) groups is 2. The number of nitrogens with one attached hydrogen (secondary N) is 1. The highest BCUT2D eigenvalue weighted by atomic mass is 16.2. The van der Waals surface area contributed by atoms with Gasteiger partial charge in [0.05, 0.1) is 11.1 Å². The largest absolute Gasteiger partial charge is 0.361 e. The molecule has 0 unspecified atom stereocenters. The van der Waals surface area contributed by atoms with Crippen molar-refractivity contribution in [2.45, 2.75) is 13.3 Å². The van der Waals surface area contributed by atoms with Crippen LogP contribution in [-0.4, -0.2) is 53.8 Å². The third-order valence-corrected chi connectivity index (χ3v) is 3.42. The standard InChI is InChI=1S/C16H21N3O2/c1-4-10-19(11-14(20)18(2)3)16(21)13-7-5-6-12-8-9-17-15(12)13/h5-9,17H,4,10-11H2,1-3H3. The van der Waals surface area contributed by atoms with Crippen molar-refractivity contribution < 1.29 is 9.59 Å². The molecule has 0 atom stereocenters. The van der Waals surface area contributed by atoms with Crippen molar-refractivity contribution in [1.29, 1.82) is 0 Å². The minimum absolute atomic E-state index is 0.0736. The Labute approximate surface area is 124 Å². The van der Waals surface area contributed by atoms with E-state index in [-0.39, 0.29) is 18.4 Å². The highest BCUT2D eigenvalue weighted by molar-refractivity contribution is 6.06. The summed E-state index contributed by atoms with van der Waals surface area (Å²) in [6.07, 6.45) is 2.63. The molecule has 0 aliphatic rings. The first-order chi connectivity index (χ1) is 10.0. The number of hydrogen-bond acceptors (Lipinski definition) is 2. The molecule has 1 aromatic heterocycles. The Kier molecular flexibility index (Phi) is 4.62. The quantitative estimate of drug-likeness (QED) is 0.915. The topological polar surface area (TPSA) is 56.4 Å². The summed E-state index contributed by atoms with van der Waals surface area (Å²) in [5, 5.41) is 0.997. The molecule has 1 N–H and O–H groups in total. The fraction of sp³-hybridized carbons (Fsp3) is 0.375. The summed E-state index contributed by atoms with van der Waals surface area (Å²) in [5.74, 6) is -0.185. The molecule has 0 aliphatic carbocycles. The van der Waals surface area contributed by atoms with Crippen molar-refractivity contribution in [2.75, 3.05) is 27.2 Å². The van der Waals surface area contributed by atoms with Crippen LogP contribution < -0.4 is 0 Å². The minimum atomic E-state index is -0.111. The Hall–Kier alpha value is -2.30. The van der Waals surface area contributed by atoms with Gasteiger partial charge < -0.3 is 14.8 Å². The zero-order chi connectivity index (χ0) is 15.4. The lowest BCUT2D eigenvalue weighted by Gasteiger charge is -2.23. The van der Waals surface area contributed by atoms with Gasteiger partial charge in [-0.1, -0.05) is 19.1 Å². The van der Waals surface area contributed by atoms with Gasteiger partial charge in [0, 0.05) is 32.2 Å². The van der Waals surface area contributed by atoms with E-state index in [0.29, 0.717) is 12.1 Å². The van der Waals surface area contributed by atoms with Gasteiger partial charge in [-0.05, 0) is 18.6 Å². The van der Waals surface area contributed by atoms with Crippen LogP contribution in [0.25, 0.3) is 10.9 Å². The predicted octanol–water partition coefficient (Wildman–Crippen LogP) is 2.11. The molecular weight excluding hydrogens is 266 g/mol. The fourth-order valence-electron chi connectivity index (χ4n) is 2.26. The van der Waals surface area contributed by atoms with Crippen LogP contribution in [0.3, 0.4) is 0 Å². The highest BCUT2D eigenvalue weighted by Crippen LogP contribution is 2.18. The van der Waals surface area contributed by atoms with Crippen LogP contribution in [0.4, 0.5) is 0 Å². The third-order valence-electron chi connectivity index (χ3n) is 3.42. The van der Waals surface area contributed by atoms with Crippen LogP contribution in [0.15, 0.2) is 30.5 Å². The number of aromatic nitrogens is 1. The van der Waals surface area contributed by atoms with Gasteiger partial charge in [-0.25, -0.2) is 0 Å². The van der Waals surface area contributed by atoms with E-state index in [1.54, 1.807) is 25.1 Å². The molecule has 21 heavy (non-hydrogen) atoms. The molecule has 5 nitrogen and oxygen atoms in total. The van der Waals surface area contributed by atoms with Crippen molar-refractivity contribution >= 4 is 22.7 Å². The van der Waals surface area contributed by atoms with Gasteiger partial charge in [-0.2, -0.15) is 0 Å². The molecule has 1 heterocycles. The van der Waals surface area contributed by atoms with E-state index in [1.807, 2.05) is 31.3 Å². The molecule has 0 aliphatic heterocycles. The molecule has 0 radical (unpaired) electrons. The zero-order valence-corrected chi connectivity index (χ0v) is 12.7. The van der Waals surface area contributed by atoms with Gasteiger partial charge in [-0.15, -0.1) is 0 Å². The lowest BCUT2D eigenvalue weighted by atomic mass is 10.1. The maximum Gasteiger partial charge on any atom is 0.256 e. The van der Waals surface area contributed by atoms with Crippen molar-refractivity contribution in [2.24, 2.45) is 0 Å². The number of H-pyrrole nitrogens is 1. The SMILES string of the molecule is CCCN(CC(=O)N(C)C)C(=O)c1cccc2cc[nH]c12. The fourth-order valence-corrected chi connectivity index (χ4v) is 2.26. The summed E-state index contributed by atoms with van der Waals surface area (Å²) in [7, 11) is 3.39. The van der Waals surface area contributed by atoms with Gasteiger partial charge in [0.2, 0.25) is 5.91 Å². The van der Waals surface area contributed by atoms with Crippen LogP contribution in [0.1, 0.15) is 23.7 Å². The van der Waals surface area contributed by atoms with Crippen LogP contribution >= 0.6 is 0 Å². The number of benzene rings is 1. The number of nitrogens with zero attached hydrogens (tertiary/aromatic N) is 2. The first kappa shape index (κ1) is 15.1. The summed E-state index contributed by atoms with van der Waals surface area (Å²) in [4.78, 5) is 30.9. The first-order valence-electron chi connectivity index (χ1n) is 7.10. The van der Waals surface area contributed by atoms with Crippen LogP contribution in [0.2, 0.25) is 0 Å². The number of aromatic amines is 1. The third kappa shape index (κ3) is 3.24. The molecular formula is C16H21N3O2. The number of amides is 2. The maximum absolute atomic E-state index is 12.7. The van der Waals surface area contributed by atoms with E-state index in [0.717, 1.165) is 17.3 Å². The van der Waals surface area contributed by atoms with Gasteiger partial charge in [0.15, 0.2) is 0 Å². The second-order valence-electron chi connectivity index (χ2n) is 5.26. The normalized spacial score (nSPS) is 10.6. The number of hydrogen-bond donors (Lipinski definition) is 1. The average Bonchev–Trinajstić information content (AvgIpc) is 2.94. The highest BCUT2D eigenvalue weighted by Gasteiger charge is 2.21. The molecule has 2 rings (SSSR count). The molecule has 0 saturated carbocycles. The Morgan fingerprint density at radius 3 is 2.62 bits per heavy atom. The molecule has 2 amide bonds. The molecule has 1 aromatic carbocycles. The van der Waals surface area contributed by atoms with E-state index < -0.39 is 0 Å². The van der Waals surface area contributed by atoms with Gasteiger partial charge in [0.1, 0.15) is 6.54 Å².